The van der Waals surface area contributed by atoms with Crippen LogP contribution in [0.4, 0.5) is 6.01 Å². The zero-order chi connectivity index (χ0) is 15.7. The zero-order valence-corrected chi connectivity index (χ0v) is 13.0. The van der Waals surface area contributed by atoms with E-state index in [1.54, 1.807) is 7.11 Å². The number of anilines is 1. The molecule has 0 bridgehead atoms. The molecular weight excluding hydrogens is 298 g/mol. The fraction of sp³-hybridized carbons (Fsp3) is 0.500. The maximum Gasteiger partial charge on any atom is 0.324 e. The summed E-state index contributed by atoms with van der Waals surface area (Å²) in [5.41, 5.74) is 0.871. The Hall–Kier alpha value is -2.12. The van der Waals surface area contributed by atoms with E-state index >= 15 is 0 Å². The van der Waals surface area contributed by atoms with Crippen molar-refractivity contribution in [3.05, 3.63) is 24.3 Å². The highest BCUT2D eigenvalue weighted by atomic mass is 16.7. The Bertz CT molecular complexity index is 671. The van der Waals surface area contributed by atoms with Crippen LogP contribution in [0.1, 0.15) is 12.8 Å². The van der Waals surface area contributed by atoms with Gasteiger partial charge >= 0.3 is 6.01 Å². The Morgan fingerprint density at radius 1 is 1.17 bits per heavy atom. The van der Waals surface area contributed by atoms with Gasteiger partial charge in [0.2, 0.25) is 5.82 Å². The lowest BCUT2D eigenvalue weighted by Crippen LogP contribution is -2.45. The molecule has 2 aliphatic heterocycles. The van der Waals surface area contributed by atoms with Crippen molar-refractivity contribution in [2.45, 2.75) is 18.6 Å². The summed E-state index contributed by atoms with van der Waals surface area (Å²) in [6, 6.07) is 8.15. The van der Waals surface area contributed by atoms with Crippen LogP contribution in [-0.2, 0) is 9.47 Å². The van der Waals surface area contributed by atoms with Crippen molar-refractivity contribution in [2.24, 2.45) is 0 Å². The van der Waals surface area contributed by atoms with E-state index in [9.17, 15) is 0 Å². The second-order valence-electron chi connectivity index (χ2n) is 5.73. The highest BCUT2D eigenvalue weighted by Gasteiger charge is 2.40. The molecule has 4 rings (SSSR count). The van der Waals surface area contributed by atoms with Gasteiger partial charge in [-0.25, -0.2) is 0 Å². The topological polar surface area (TPSA) is 69.9 Å². The van der Waals surface area contributed by atoms with E-state index in [0.717, 1.165) is 37.2 Å². The zero-order valence-electron chi connectivity index (χ0n) is 13.0. The molecule has 23 heavy (non-hydrogen) atoms. The van der Waals surface area contributed by atoms with Gasteiger partial charge in [0.1, 0.15) is 5.75 Å². The van der Waals surface area contributed by atoms with Crippen molar-refractivity contribution in [3.63, 3.8) is 0 Å². The van der Waals surface area contributed by atoms with Crippen LogP contribution in [0.25, 0.3) is 11.4 Å². The van der Waals surface area contributed by atoms with Crippen LogP contribution >= 0.6 is 0 Å². The SMILES string of the molecule is COc1cccc(-c2noc(N3CCC4(CC3)OCCO4)n2)c1. The molecule has 0 radical (unpaired) electrons. The normalized spacial score (nSPS) is 20.1. The Morgan fingerprint density at radius 3 is 2.70 bits per heavy atom. The molecule has 0 unspecified atom stereocenters. The summed E-state index contributed by atoms with van der Waals surface area (Å²) in [7, 11) is 1.64. The fourth-order valence-electron chi connectivity index (χ4n) is 3.05. The van der Waals surface area contributed by atoms with Gasteiger partial charge in [0.05, 0.1) is 20.3 Å². The Morgan fingerprint density at radius 2 is 1.96 bits per heavy atom. The number of ether oxygens (including phenoxy) is 3. The maximum absolute atomic E-state index is 5.74. The van der Waals surface area contributed by atoms with E-state index in [-0.39, 0.29) is 0 Å². The van der Waals surface area contributed by atoms with Gasteiger partial charge < -0.3 is 23.6 Å². The number of aromatic nitrogens is 2. The first-order valence-corrected chi connectivity index (χ1v) is 7.79. The van der Waals surface area contributed by atoms with Gasteiger partial charge in [-0.05, 0) is 12.1 Å². The summed E-state index contributed by atoms with van der Waals surface area (Å²) in [6.07, 6.45) is 1.62. The highest BCUT2D eigenvalue weighted by Crippen LogP contribution is 2.33. The summed E-state index contributed by atoms with van der Waals surface area (Å²) in [5.74, 6) is 0.934. The Kier molecular flexibility index (Phi) is 3.66. The number of hydrogen-bond donors (Lipinski definition) is 0. The summed E-state index contributed by atoms with van der Waals surface area (Å²) in [4.78, 5) is 6.58. The van der Waals surface area contributed by atoms with Gasteiger partial charge in [-0.1, -0.05) is 17.3 Å². The predicted molar refractivity (Wildman–Crippen MR) is 82.4 cm³/mol. The molecule has 2 aromatic rings. The van der Waals surface area contributed by atoms with E-state index < -0.39 is 5.79 Å². The number of rotatable bonds is 3. The summed E-state index contributed by atoms with van der Waals surface area (Å²) in [6.45, 7) is 2.92. The molecule has 7 nitrogen and oxygen atoms in total. The molecule has 0 saturated carbocycles. The average molecular weight is 317 g/mol. The third-order valence-electron chi connectivity index (χ3n) is 4.35. The van der Waals surface area contributed by atoms with Gasteiger partial charge in [0.25, 0.3) is 0 Å². The van der Waals surface area contributed by atoms with Crippen LogP contribution in [0.15, 0.2) is 28.8 Å². The van der Waals surface area contributed by atoms with E-state index in [0.29, 0.717) is 25.1 Å². The quantitative estimate of drug-likeness (QED) is 0.858. The molecular formula is C16H19N3O4. The molecule has 1 aromatic carbocycles. The minimum Gasteiger partial charge on any atom is -0.497 e. The van der Waals surface area contributed by atoms with Gasteiger partial charge in [-0.15, -0.1) is 0 Å². The number of methoxy groups -OCH3 is 1. The molecule has 3 heterocycles. The Labute approximate surface area is 134 Å². The molecule has 122 valence electrons. The summed E-state index contributed by atoms with van der Waals surface area (Å²) >= 11 is 0. The standard InChI is InChI=1S/C16H19N3O4/c1-20-13-4-2-3-12(11-13)14-17-15(23-18-14)19-7-5-16(6-8-19)21-9-10-22-16/h2-4,11H,5-10H2,1H3. The van der Waals surface area contributed by atoms with Gasteiger partial charge in [0, 0.05) is 31.5 Å². The van der Waals surface area contributed by atoms with Crippen molar-refractivity contribution in [1.29, 1.82) is 0 Å². The molecule has 0 amide bonds. The van der Waals surface area contributed by atoms with Crippen LogP contribution in [0.5, 0.6) is 5.75 Å². The molecule has 2 fully saturated rings. The molecule has 0 N–H and O–H groups in total. The van der Waals surface area contributed by atoms with E-state index in [1.807, 2.05) is 24.3 Å². The van der Waals surface area contributed by atoms with Crippen LogP contribution < -0.4 is 9.64 Å². The van der Waals surface area contributed by atoms with Crippen molar-refractivity contribution in [2.75, 3.05) is 38.3 Å². The molecule has 7 heteroatoms. The minimum absolute atomic E-state index is 0.397. The maximum atomic E-state index is 5.74. The largest absolute Gasteiger partial charge is 0.497 e. The molecule has 0 atom stereocenters. The average Bonchev–Trinajstić information content (AvgIpc) is 3.26. The summed E-state index contributed by atoms with van der Waals surface area (Å²) < 4.78 is 22.1. The molecule has 2 saturated heterocycles. The van der Waals surface area contributed by atoms with Crippen molar-refractivity contribution in [1.82, 2.24) is 10.1 Å². The third kappa shape index (κ3) is 2.77. The van der Waals surface area contributed by atoms with E-state index in [2.05, 4.69) is 15.0 Å². The molecule has 1 aromatic heterocycles. The monoisotopic (exact) mass is 317 g/mol. The molecule has 2 aliphatic rings. The number of benzene rings is 1. The second kappa shape index (κ2) is 5.82. The van der Waals surface area contributed by atoms with E-state index in [4.69, 9.17) is 18.7 Å². The number of piperidine rings is 1. The van der Waals surface area contributed by atoms with Crippen LogP contribution in [0, 0.1) is 0 Å². The van der Waals surface area contributed by atoms with Crippen LogP contribution in [0.3, 0.4) is 0 Å². The molecule has 0 aliphatic carbocycles. The smallest absolute Gasteiger partial charge is 0.324 e. The highest BCUT2D eigenvalue weighted by molar-refractivity contribution is 5.58. The van der Waals surface area contributed by atoms with Crippen LogP contribution in [0.2, 0.25) is 0 Å². The fourth-order valence-corrected chi connectivity index (χ4v) is 3.05. The second-order valence-corrected chi connectivity index (χ2v) is 5.73. The van der Waals surface area contributed by atoms with Gasteiger partial charge in [0.15, 0.2) is 5.79 Å². The first-order valence-electron chi connectivity index (χ1n) is 7.79. The number of nitrogens with zero attached hydrogens (tertiary/aromatic N) is 3. The lowest BCUT2D eigenvalue weighted by molar-refractivity contribution is -0.169. The van der Waals surface area contributed by atoms with Gasteiger partial charge in [-0.2, -0.15) is 4.98 Å². The van der Waals surface area contributed by atoms with E-state index in [1.165, 1.54) is 0 Å². The predicted octanol–water partition coefficient (Wildman–Crippen LogP) is 2.09. The van der Waals surface area contributed by atoms with Crippen LogP contribution in [-0.4, -0.2) is 49.3 Å². The first kappa shape index (κ1) is 14.5. The number of hydrogen-bond acceptors (Lipinski definition) is 7. The first-order chi connectivity index (χ1) is 11.3. The lowest BCUT2D eigenvalue weighted by atomic mass is 10.0. The lowest BCUT2D eigenvalue weighted by Gasteiger charge is -2.36. The van der Waals surface area contributed by atoms with Crippen molar-refractivity contribution in [3.8, 4) is 17.1 Å². The summed E-state index contributed by atoms with van der Waals surface area (Å²) in [5, 5.41) is 4.08. The van der Waals surface area contributed by atoms with Gasteiger partial charge in [-0.3, -0.25) is 0 Å². The minimum atomic E-state index is -0.397. The van der Waals surface area contributed by atoms with Crippen molar-refractivity contribution < 1.29 is 18.7 Å². The third-order valence-corrected chi connectivity index (χ3v) is 4.35. The van der Waals surface area contributed by atoms with Crippen molar-refractivity contribution >= 4 is 6.01 Å². The molecule has 1 spiro atoms. The Balaban J connectivity index is 1.48.